The van der Waals surface area contributed by atoms with E-state index in [4.69, 9.17) is 15.9 Å². The van der Waals surface area contributed by atoms with Gasteiger partial charge in [-0.15, -0.1) is 6.42 Å². The molecule has 1 fully saturated rings. The van der Waals surface area contributed by atoms with E-state index in [1.807, 2.05) is 12.1 Å². The summed E-state index contributed by atoms with van der Waals surface area (Å²) in [6.45, 7) is 0.732. The van der Waals surface area contributed by atoms with Crippen LogP contribution in [0.3, 0.4) is 0 Å². The van der Waals surface area contributed by atoms with Gasteiger partial charge < -0.3 is 14.0 Å². The molecule has 0 saturated carbocycles. The lowest BCUT2D eigenvalue weighted by molar-refractivity contribution is -0.122. The zero-order chi connectivity index (χ0) is 19.9. The minimum absolute atomic E-state index is 0.167. The number of amides is 1. The zero-order valence-corrected chi connectivity index (χ0v) is 16.9. The van der Waals surface area contributed by atoms with E-state index in [-0.39, 0.29) is 13.3 Å². The molecule has 10 heteroatoms. The van der Waals surface area contributed by atoms with E-state index in [0.29, 0.717) is 29.3 Å². The van der Waals surface area contributed by atoms with Gasteiger partial charge in [-0.25, -0.2) is 8.42 Å². The average Bonchev–Trinajstić information content (AvgIpc) is 3.24. The van der Waals surface area contributed by atoms with Gasteiger partial charge in [-0.3, -0.25) is 4.79 Å². The van der Waals surface area contributed by atoms with Crippen LogP contribution in [-0.4, -0.2) is 48.8 Å². The molecule has 1 aromatic carbocycles. The number of hydrogen-bond acceptors (Lipinski definition) is 6. The van der Waals surface area contributed by atoms with Gasteiger partial charge in [0.25, 0.3) is 5.91 Å². The van der Waals surface area contributed by atoms with Crippen molar-refractivity contribution >= 4 is 37.5 Å². The van der Waals surface area contributed by atoms with Crippen molar-refractivity contribution in [3.63, 3.8) is 0 Å². The van der Waals surface area contributed by atoms with Gasteiger partial charge in [-0.1, -0.05) is 23.7 Å². The van der Waals surface area contributed by atoms with Crippen molar-refractivity contribution in [1.29, 1.82) is 0 Å². The van der Waals surface area contributed by atoms with E-state index in [9.17, 15) is 13.2 Å². The van der Waals surface area contributed by atoms with Crippen LogP contribution in [0.4, 0.5) is 0 Å². The lowest BCUT2D eigenvalue weighted by Crippen LogP contribution is -2.47. The SMILES string of the molecule is C#CCn1c(=NC(=O)C2CCCCN2S(C)(=O)=O)sc2cc3c(cc21)OCO3. The van der Waals surface area contributed by atoms with Gasteiger partial charge in [-0.05, 0) is 12.8 Å². The third-order valence-electron chi connectivity index (χ3n) is 4.80. The summed E-state index contributed by atoms with van der Waals surface area (Å²) in [5.41, 5.74) is 0.794. The third kappa shape index (κ3) is 3.41. The summed E-state index contributed by atoms with van der Waals surface area (Å²) in [5, 5.41) is 0. The average molecular weight is 422 g/mol. The summed E-state index contributed by atoms with van der Waals surface area (Å²) in [6, 6.07) is 2.88. The number of carbonyl (C=O) groups is 1. The van der Waals surface area contributed by atoms with Gasteiger partial charge in [0, 0.05) is 18.7 Å². The number of hydrogen-bond donors (Lipinski definition) is 0. The van der Waals surface area contributed by atoms with Gasteiger partial charge in [0.05, 0.1) is 23.0 Å². The largest absolute Gasteiger partial charge is 0.454 e. The Labute approximate surface area is 166 Å². The second-order valence-corrected chi connectivity index (χ2v) is 9.63. The van der Waals surface area contributed by atoms with Crippen molar-refractivity contribution in [3.05, 3.63) is 16.9 Å². The quantitative estimate of drug-likeness (QED) is 0.697. The zero-order valence-electron chi connectivity index (χ0n) is 15.3. The Kier molecular flexibility index (Phi) is 4.91. The molecule has 0 N–H and O–H groups in total. The van der Waals surface area contributed by atoms with E-state index in [1.54, 1.807) is 4.57 Å². The Morgan fingerprint density at radius 1 is 1.36 bits per heavy atom. The molecule has 1 unspecified atom stereocenters. The molecule has 0 radical (unpaired) electrons. The Balaban J connectivity index is 1.79. The molecule has 3 heterocycles. The Morgan fingerprint density at radius 3 is 2.82 bits per heavy atom. The molecule has 2 aromatic rings. The lowest BCUT2D eigenvalue weighted by Gasteiger charge is -2.31. The van der Waals surface area contributed by atoms with Crippen LogP contribution in [0.15, 0.2) is 17.1 Å². The molecule has 0 aliphatic carbocycles. The monoisotopic (exact) mass is 421 g/mol. The van der Waals surface area contributed by atoms with Crippen LogP contribution in [0.5, 0.6) is 11.5 Å². The third-order valence-corrected chi connectivity index (χ3v) is 7.13. The number of piperidine rings is 1. The Bertz CT molecular complexity index is 1160. The summed E-state index contributed by atoms with van der Waals surface area (Å²) < 4.78 is 38.8. The van der Waals surface area contributed by atoms with E-state index in [0.717, 1.165) is 29.3 Å². The predicted octanol–water partition coefficient (Wildman–Crippen LogP) is 1.31. The molecule has 1 saturated heterocycles. The van der Waals surface area contributed by atoms with Gasteiger partial charge >= 0.3 is 0 Å². The van der Waals surface area contributed by atoms with Crippen LogP contribution >= 0.6 is 11.3 Å². The standard InChI is InChI=1S/C18H19N3O5S2/c1-3-7-20-13-9-14-15(26-11-25-14)10-16(13)27-18(20)19-17(22)12-6-4-5-8-21(12)28(2,23)24/h1,9-10,12H,4-8,11H2,2H3. The number of sulfonamides is 1. The van der Waals surface area contributed by atoms with Crippen molar-refractivity contribution in [2.24, 2.45) is 4.99 Å². The molecule has 2 aliphatic heterocycles. The van der Waals surface area contributed by atoms with E-state index < -0.39 is 22.0 Å². The van der Waals surface area contributed by atoms with Gasteiger partial charge in [0.1, 0.15) is 6.04 Å². The van der Waals surface area contributed by atoms with Crippen molar-refractivity contribution in [2.45, 2.75) is 31.8 Å². The highest BCUT2D eigenvalue weighted by molar-refractivity contribution is 7.88. The number of aromatic nitrogens is 1. The maximum Gasteiger partial charge on any atom is 0.266 e. The molecule has 1 aromatic heterocycles. The highest BCUT2D eigenvalue weighted by atomic mass is 32.2. The Morgan fingerprint density at radius 2 is 2.11 bits per heavy atom. The molecule has 8 nitrogen and oxygen atoms in total. The molecule has 1 atom stereocenters. The minimum atomic E-state index is -3.48. The van der Waals surface area contributed by atoms with Crippen LogP contribution < -0.4 is 14.3 Å². The molecule has 148 valence electrons. The first-order chi connectivity index (χ1) is 13.4. The van der Waals surface area contributed by atoms with E-state index >= 15 is 0 Å². The number of thiazole rings is 1. The van der Waals surface area contributed by atoms with Crippen molar-refractivity contribution in [2.75, 3.05) is 19.6 Å². The van der Waals surface area contributed by atoms with Gasteiger partial charge in [-0.2, -0.15) is 9.30 Å². The summed E-state index contributed by atoms with van der Waals surface area (Å²) in [4.78, 5) is 17.6. The first kappa shape index (κ1) is 19.0. The highest BCUT2D eigenvalue weighted by Gasteiger charge is 2.34. The topological polar surface area (TPSA) is 90.2 Å². The highest BCUT2D eigenvalue weighted by Crippen LogP contribution is 2.37. The maximum atomic E-state index is 12.9. The van der Waals surface area contributed by atoms with Crippen LogP contribution in [0.2, 0.25) is 0 Å². The van der Waals surface area contributed by atoms with Crippen molar-refractivity contribution in [1.82, 2.24) is 8.87 Å². The first-order valence-corrected chi connectivity index (χ1v) is 11.5. The number of carbonyl (C=O) groups excluding carboxylic acids is 1. The molecule has 0 spiro atoms. The number of nitrogens with zero attached hydrogens (tertiary/aromatic N) is 3. The van der Waals surface area contributed by atoms with Gasteiger partial charge in [0.15, 0.2) is 16.3 Å². The molecule has 2 aliphatic rings. The maximum absolute atomic E-state index is 12.9. The predicted molar refractivity (Wildman–Crippen MR) is 105 cm³/mol. The number of rotatable bonds is 3. The second-order valence-electron chi connectivity index (χ2n) is 6.68. The smallest absolute Gasteiger partial charge is 0.266 e. The molecule has 0 bridgehead atoms. The van der Waals surface area contributed by atoms with Crippen molar-refractivity contribution in [3.8, 4) is 23.8 Å². The fourth-order valence-electron chi connectivity index (χ4n) is 3.51. The normalized spacial score (nSPS) is 20.4. The molecule has 4 rings (SSSR count). The summed E-state index contributed by atoms with van der Waals surface area (Å²) in [5.74, 6) is 3.36. The van der Waals surface area contributed by atoms with Gasteiger partial charge in [0.2, 0.25) is 16.8 Å². The Hall–Kier alpha value is -2.35. The number of ether oxygens (including phenoxy) is 2. The number of terminal acetylenes is 1. The lowest BCUT2D eigenvalue weighted by atomic mass is 10.0. The van der Waals surface area contributed by atoms with Crippen LogP contribution in [0.25, 0.3) is 10.2 Å². The molecular weight excluding hydrogens is 402 g/mol. The molecule has 1 amide bonds. The molecule has 28 heavy (non-hydrogen) atoms. The summed E-state index contributed by atoms with van der Waals surface area (Å²) in [7, 11) is -3.48. The first-order valence-electron chi connectivity index (χ1n) is 8.80. The summed E-state index contributed by atoms with van der Waals surface area (Å²) >= 11 is 1.31. The van der Waals surface area contributed by atoms with Crippen molar-refractivity contribution < 1.29 is 22.7 Å². The van der Waals surface area contributed by atoms with E-state index in [2.05, 4.69) is 10.9 Å². The minimum Gasteiger partial charge on any atom is -0.454 e. The second kappa shape index (κ2) is 7.24. The fraction of sp³-hybridized carbons (Fsp3) is 0.444. The van der Waals surface area contributed by atoms with Crippen LogP contribution in [0, 0.1) is 12.3 Å². The van der Waals surface area contributed by atoms with Crippen LogP contribution in [0.1, 0.15) is 19.3 Å². The number of benzene rings is 1. The summed E-state index contributed by atoms with van der Waals surface area (Å²) in [6.07, 6.45) is 8.62. The number of fused-ring (bicyclic) bond motifs is 2. The fourth-order valence-corrected chi connectivity index (χ4v) is 5.67. The van der Waals surface area contributed by atoms with Crippen LogP contribution in [-0.2, 0) is 21.4 Å². The van der Waals surface area contributed by atoms with E-state index in [1.165, 1.54) is 15.6 Å². The molecular formula is C18H19N3O5S2.